The molecule has 3 rings (SSSR count). The molecule has 0 aliphatic heterocycles. The van der Waals surface area contributed by atoms with Crippen LogP contribution in [0.5, 0.6) is 0 Å². The highest BCUT2D eigenvalue weighted by Gasteiger charge is 2.05. The van der Waals surface area contributed by atoms with Gasteiger partial charge in [0.2, 0.25) is 0 Å². The highest BCUT2D eigenvalue weighted by molar-refractivity contribution is 6.00. The Bertz CT molecular complexity index is 763. The second-order valence-electron chi connectivity index (χ2n) is 4.51. The van der Waals surface area contributed by atoms with Gasteiger partial charge in [0.05, 0.1) is 5.52 Å². The minimum Gasteiger partial charge on any atom is -0.308 e. The summed E-state index contributed by atoms with van der Waals surface area (Å²) in [5.74, 6) is 0. The Labute approximate surface area is 116 Å². The van der Waals surface area contributed by atoms with Crippen LogP contribution in [0.4, 0.5) is 16.2 Å². The van der Waals surface area contributed by atoms with Crippen LogP contribution < -0.4 is 10.6 Å². The maximum atomic E-state index is 12.0. The van der Waals surface area contributed by atoms with Crippen LogP contribution >= 0.6 is 0 Å². The monoisotopic (exact) mass is 266 g/mol. The van der Waals surface area contributed by atoms with Gasteiger partial charge in [0.1, 0.15) is 0 Å². The molecule has 0 fully saturated rings. The highest BCUT2D eigenvalue weighted by atomic mass is 16.2. The Kier molecular flexibility index (Phi) is 3.09. The Morgan fingerprint density at radius 1 is 1.15 bits per heavy atom. The molecule has 0 saturated carbocycles. The molecule has 0 spiro atoms. The molecule has 2 heterocycles. The van der Waals surface area contributed by atoms with Crippen molar-refractivity contribution < 1.29 is 4.79 Å². The van der Waals surface area contributed by atoms with Crippen molar-refractivity contribution in [3.63, 3.8) is 0 Å². The Balaban J connectivity index is 1.74. The number of rotatable bonds is 2. The quantitative estimate of drug-likeness (QED) is 0.747. The lowest BCUT2D eigenvalue weighted by Gasteiger charge is -2.09. The number of hydrogen-bond donors (Lipinski definition) is 2. The second kappa shape index (κ2) is 5.05. The van der Waals surface area contributed by atoms with Gasteiger partial charge in [0.15, 0.2) is 0 Å². The van der Waals surface area contributed by atoms with E-state index in [2.05, 4.69) is 15.7 Å². The number of fused-ring (bicyclic) bond motifs is 1. The first kappa shape index (κ1) is 12.2. The van der Waals surface area contributed by atoms with Crippen LogP contribution in [0.2, 0.25) is 0 Å². The Morgan fingerprint density at radius 3 is 2.85 bits per heavy atom. The van der Waals surface area contributed by atoms with E-state index in [4.69, 9.17) is 0 Å². The van der Waals surface area contributed by atoms with Crippen LogP contribution in [0, 0.1) is 6.92 Å². The molecule has 20 heavy (non-hydrogen) atoms. The molecule has 0 bridgehead atoms. The summed E-state index contributed by atoms with van der Waals surface area (Å²) < 4.78 is 1.74. The fourth-order valence-electron chi connectivity index (χ4n) is 2.00. The number of nitrogens with one attached hydrogen (secondary N) is 2. The van der Waals surface area contributed by atoms with Crippen LogP contribution in [0.1, 0.15) is 5.56 Å². The zero-order chi connectivity index (χ0) is 13.9. The molecule has 0 unspecified atom stereocenters. The summed E-state index contributed by atoms with van der Waals surface area (Å²) in [5.41, 5.74) is 3.48. The molecule has 3 aromatic rings. The van der Waals surface area contributed by atoms with E-state index in [1.54, 1.807) is 23.0 Å². The summed E-state index contributed by atoms with van der Waals surface area (Å²) in [6, 6.07) is 12.9. The number of para-hydroxylation sites is 1. The van der Waals surface area contributed by atoms with Crippen LogP contribution in [-0.2, 0) is 0 Å². The Hall–Kier alpha value is -2.82. The van der Waals surface area contributed by atoms with Gasteiger partial charge in [-0.3, -0.25) is 0 Å². The smallest absolute Gasteiger partial charge is 0.308 e. The molecule has 100 valence electrons. The van der Waals surface area contributed by atoms with Gasteiger partial charge in [0.25, 0.3) is 0 Å². The van der Waals surface area contributed by atoms with E-state index in [9.17, 15) is 4.79 Å². The molecule has 0 saturated heterocycles. The van der Waals surface area contributed by atoms with Gasteiger partial charge in [-0.15, -0.1) is 0 Å². The van der Waals surface area contributed by atoms with E-state index in [-0.39, 0.29) is 6.03 Å². The van der Waals surface area contributed by atoms with Gasteiger partial charge >= 0.3 is 6.03 Å². The first-order valence-electron chi connectivity index (χ1n) is 6.29. The molecular formula is C15H14N4O. The van der Waals surface area contributed by atoms with E-state index in [1.807, 2.05) is 43.3 Å². The zero-order valence-corrected chi connectivity index (χ0v) is 11.0. The van der Waals surface area contributed by atoms with Gasteiger partial charge < -0.3 is 10.6 Å². The predicted octanol–water partition coefficient (Wildman–Crippen LogP) is 3.29. The molecule has 0 atom stereocenters. The van der Waals surface area contributed by atoms with E-state index >= 15 is 0 Å². The molecule has 2 amide bonds. The van der Waals surface area contributed by atoms with E-state index in [0.29, 0.717) is 0 Å². The van der Waals surface area contributed by atoms with Crippen LogP contribution in [0.3, 0.4) is 0 Å². The summed E-state index contributed by atoms with van der Waals surface area (Å²) in [6.45, 7) is 1.95. The summed E-state index contributed by atoms with van der Waals surface area (Å²) in [7, 11) is 0. The van der Waals surface area contributed by atoms with Gasteiger partial charge in [-0.1, -0.05) is 18.2 Å². The van der Waals surface area contributed by atoms with E-state index < -0.39 is 0 Å². The number of pyridine rings is 1. The number of hydrogen-bond acceptors (Lipinski definition) is 2. The molecule has 5 nitrogen and oxygen atoms in total. The van der Waals surface area contributed by atoms with Crippen molar-refractivity contribution in [2.75, 3.05) is 10.6 Å². The summed E-state index contributed by atoms with van der Waals surface area (Å²) >= 11 is 0. The molecule has 0 aliphatic rings. The van der Waals surface area contributed by atoms with Gasteiger partial charge in [-0.25, -0.2) is 9.31 Å². The number of amides is 2. The molecule has 0 radical (unpaired) electrons. The first-order valence-corrected chi connectivity index (χ1v) is 6.29. The molecular weight excluding hydrogens is 252 g/mol. The minimum atomic E-state index is -0.261. The third-order valence-corrected chi connectivity index (χ3v) is 3.05. The molecule has 1 aromatic carbocycles. The fraction of sp³-hybridized carbons (Fsp3) is 0.0667. The molecule has 0 aliphatic carbocycles. The lowest BCUT2D eigenvalue weighted by atomic mass is 10.2. The number of anilines is 2. The number of benzene rings is 1. The third-order valence-electron chi connectivity index (χ3n) is 3.05. The second-order valence-corrected chi connectivity index (χ2v) is 4.51. The summed E-state index contributed by atoms with van der Waals surface area (Å²) in [4.78, 5) is 12.0. The number of carbonyl (C=O) groups is 1. The fourth-order valence-corrected chi connectivity index (χ4v) is 2.00. The van der Waals surface area contributed by atoms with Crippen molar-refractivity contribution >= 4 is 22.9 Å². The lowest BCUT2D eigenvalue weighted by molar-refractivity contribution is 0.262. The molecule has 5 heteroatoms. The minimum absolute atomic E-state index is 0.261. The topological polar surface area (TPSA) is 58.4 Å². The van der Waals surface area contributed by atoms with E-state index in [1.165, 1.54) is 0 Å². The van der Waals surface area contributed by atoms with E-state index in [0.717, 1.165) is 22.5 Å². The summed E-state index contributed by atoms with van der Waals surface area (Å²) in [5, 5.41) is 9.74. The highest BCUT2D eigenvalue weighted by Crippen LogP contribution is 2.15. The number of aryl methyl sites for hydroxylation is 1. The largest absolute Gasteiger partial charge is 0.323 e. The third kappa shape index (κ3) is 2.47. The van der Waals surface area contributed by atoms with Gasteiger partial charge in [-0.05, 0) is 36.8 Å². The Morgan fingerprint density at radius 2 is 2.00 bits per heavy atom. The average molecular weight is 266 g/mol. The van der Waals surface area contributed by atoms with Crippen LogP contribution in [-0.4, -0.2) is 15.6 Å². The predicted molar refractivity (Wildman–Crippen MR) is 79.0 cm³/mol. The van der Waals surface area contributed by atoms with Crippen molar-refractivity contribution in [2.24, 2.45) is 0 Å². The normalized spacial score (nSPS) is 10.4. The number of urea groups is 1. The molecule has 2 aromatic heterocycles. The zero-order valence-electron chi connectivity index (χ0n) is 11.0. The van der Waals surface area contributed by atoms with Crippen molar-refractivity contribution in [2.45, 2.75) is 6.92 Å². The number of aromatic nitrogens is 2. The maximum Gasteiger partial charge on any atom is 0.323 e. The average Bonchev–Trinajstić information content (AvgIpc) is 2.89. The number of nitrogens with zero attached hydrogens (tertiary/aromatic N) is 2. The molecule has 2 N–H and O–H groups in total. The van der Waals surface area contributed by atoms with Gasteiger partial charge in [-0.2, -0.15) is 5.10 Å². The van der Waals surface area contributed by atoms with Crippen molar-refractivity contribution in [3.05, 3.63) is 60.4 Å². The first-order chi connectivity index (χ1) is 9.72. The lowest BCUT2D eigenvalue weighted by Crippen LogP contribution is -2.20. The van der Waals surface area contributed by atoms with Crippen molar-refractivity contribution in [1.29, 1.82) is 0 Å². The van der Waals surface area contributed by atoms with Gasteiger partial charge in [0, 0.05) is 23.8 Å². The number of carbonyl (C=O) groups excluding carboxylic acids is 1. The SMILES string of the molecule is Cc1ccccc1NC(=O)Nc1ccn2nccc2c1. The van der Waals surface area contributed by atoms with Crippen LogP contribution in [0.15, 0.2) is 54.9 Å². The van der Waals surface area contributed by atoms with Crippen LogP contribution in [0.25, 0.3) is 5.52 Å². The summed E-state index contributed by atoms with van der Waals surface area (Å²) in [6.07, 6.45) is 3.52. The standard InChI is InChI=1S/C15H14N4O/c1-11-4-2-3-5-14(11)18-15(20)17-12-7-9-19-13(10-12)6-8-16-19/h2-10H,1H3,(H2,17,18,20). The maximum absolute atomic E-state index is 12.0. The van der Waals surface area contributed by atoms with Crippen molar-refractivity contribution in [1.82, 2.24) is 9.61 Å². The van der Waals surface area contributed by atoms with Crippen molar-refractivity contribution in [3.8, 4) is 0 Å².